The molecule has 1 aliphatic rings. The molecule has 3 rings (SSSR count). The van der Waals surface area contributed by atoms with Crippen LogP contribution in [0.15, 0.2) is 22.6 Å². The first-order chi connectivity index (χ1) is 11.6. The minimum absolute atomic E-state index is 0.0126. The number of rotatable bonds is 2. The number of fused-ring (bicyclic) bond motifs is 3. The van der Waals surface area contributed by atoms with Gasteiger partial charge in [0, 0.05) is 28.1 Å². The van der Waals surface area contributed by atoms with Gasteiger partial charge >= 0.3 is 0 Å². The Morgan fingerprint density at radius 2 is 1.80 bits per heavy atom. The van der Waals surface area contributed by atoms with E-state index in [1.54, 1.807) is 26.0 Å². The van der Waals surface area contributed by atoms with Gasteiger partial charge < -0.3 is 9.73 Å². The van der Waals surface area contributed by atoms with Gasteiger partial charge in [-0.2, -0.15) is 0 Å². The van der Waals surface area contributed by atoms with Gasteiger partial charge in [-0.3, -0.25) is 14.4 Å². The third kappa shape index (κ3) is 2.88. The summed E-state index contributed by atoms with van der Waals surface area (Å²) in [4.78, 5) is 41.1. The summed E-state index contributed by atoms with van der Waals surface area (Å²) in [6.45, 7) is 9.31. The second-order valence-corrected chi connectivity index (χ2v) is 7.51. The summed E-state index contributed by atoms with van der Waals surface area (Å²) in [5.74, 6) is -1.32. The molecule has 0 saturated carbocycles. The third-order valence-corrected chi connectivity index (χ3v) is 3.99. The van der Waals surface area contributed by atoms with Crippen LogP contribution in [0.1, 0.15) is 61.4 Å². The van der Waals surface area contributed by atoms with Gasteiger partial charge in [0.1, 0.15) is 5.69 Å². The minimum Gasteiger partial charge on any atom is -0.436 e. The predicted molar refractivity (Wildman–Crippen MR) is 92.8 cm³/mol. The van der Waals surface area contributed by atoms with Crippen molar-refractivity contribution in [1.29, 1.82) is 0 Å². The fraction of sp³-hybridized carbons (Fsp3) is 0.368. The molecular weight excluding hydrogens is 320 g/mol. The Bertz CT molecular complexity index is 901. The van der Waals surface area contributed by atoms with Gasteiger partial charge in [0.15, 0.2) is 0 Å². The van der Waals surface area contributed by atoms with Crippen molar-refractivity contribution in [3.8, 4) is 11.3 Å². The van der Waals surface area contributed by atoms with Crippen molar-refractivity contribution < 1.29 is 18.8 Å². The molecule has 1 amide bonds. The number of nitrogens with zero attached hydrogens (tertiary/aromatic N) is 1. The number of amides is 1. The average Bonchev–Trinajstić information content (AvgIpc) is 2.98. The van der Waals surface area contributed by atoms with E-state index in [-0.39, 0.29) is 28.6 Å². The van der Waals surface area contributed by atoms with Crippen LogP contribution in [0.2, 0.25) is 0 Å². The number of carbonyl (C=O) groups excluding carboxylic acids is 3. The summed E-state index contributed by atoms with van der Waals surface area (Å²) in [5.41, 5.74) is 1.24. The molecule has 0 unspecified atom stereocenters. The van der Waals surface area contributed by atoms with Crippen molar-refractivity contribution >= 4 is 23.2 Å². The van der Waals surface area contributed by atoms with Crippen molar-refractivity contribution in [3.63, 3.8) is 0 Å². The van der Waals surface area contributed by atoms with E-state index in [1.165, 1.54) is 6.07 Å². The van der Waals surface area contributed by atoms with E-state index in [4.69, 9.17) is 4.42 Å². The first kappa shape index (κ1) is 17.1. The van der Waals surface area contributed by atoms with E-state index in [0.29, 0.717) is 22.8 Å². The van der Waals surface area contributed by atoms with Crippen LogP contribution in [0.3, 0.4) is 0 Å². The van der Waals surface area contributed by atoms with Crippen LogP contribution >= 0.6 is 0 Å². The molecule has 130 valence electrons. The number of ketones is 2. The molecular formula is C19H20N2O4. The molecule has 1 aromatic heterocycles. The van der Waals surface area contributed by atoms with Gasteiger partial charge in [-0.15, -0.1) is 0 Å². The summed E-state index contributed by atoms with van der Waals surface area (Å²) in [6.07, 6.45) is 0. The molecule has 1 N–H and O–H groups in total. The zero-order chi connectivity index (χ0) is 18.5. The zero-order valence-corrected chi connectivity index (χ0v) is 14.9. The second kappa shape index (κ2) is 5.65. The van der Waals surface area contributed by atoms with Gasteiger partial charge in [0.2, 0.25) is 23.3 Å². The largest absolute Gasteiger partial charge is 0.436 e. The van der Waals surface area contributed by atoms with Crippen molar-refractivity contribution in [2.24, 2.45) is 5.92 Å². The van der Waals surface area contributed by atoms with Crippen LogP contribution in [-0.2, 0) is 10.2 Å². The Labute approximate surface area is 145 Å². The number of aromatic nitrogens is 1. The summed E-state index contributed by atoms with van der Waals surface area (Å²) >= 11 is 0. The molecule has 6 nitrogen and oxygen atoms in total. The second-order valence-electron chi connectivity index (χ2n) is 7.51. The number of carbonyl (C=O) groups is 3. The highest BCUT2D eigenvalue weighted by molar-refractivity contribution is 6.52. The van der Waals surface area contributed by atoms with Gasteiger partial charge in [0.05, 0.1) is 0 Å². The normalized spacial score (nSPS) is 13.7. The molecule has 0 fully saturated rings. The SMILES string of the molecule is CC(C)C(=O)Nc1ccc2c(c1)C(=O)C(=O)c1oc(C(C)(C)C)nc1-2. The lowest BCUT2D eigenvalue weighted by molar-refractivity contribution is -0.118. The quantitative estimate of drug-likeness (QED) is 0.844. The number of hydrogen-bond donors (Lipinski definition) is 1. The first-order valence-electron chi connectivity index (χ1n) is 8.15. The summed E-state index contributed by atoms with van der Waals surface area (Å²) < 4.78 is 5.59. The lowest BCUT2D eigenvalue weighted by atomic mass is 9.90. The molecule has 1 heterocycles. The lowest BCUT2D eigenvalue weighted by Crippen LogP contribution is -2.22. The molecule has 0 bridgehead atoms. The Kier molecular flexibility index (Phi) is 3.86. The molecule has 0 radical (unpaired) electrons. The maximum atomic E-state index is 12.5. The number of benzene rings is 1. The maximum absolute atomic E-state index is 12.5. The molecule has 2 aromatic rings. The van der Waals surface area contributed by atoms with E-state index in [0.717, 1.165) is 0 Å². The summed E-state index contributed by atoms with van der Waals surface area (Å²) in [5, 5.41) is 2.73. The number of anilines is 1. The predicted octanol–water partition coefficient (Wildman–Crippen LogP) is 3.61. The fourth-order valence-corrected chi connectivity index (χ4v) is 2.51. The molecule has 0 spiro atoms. The van der Waals surface area contributed by atoms with Crippen molar-refractivity contribution in [2.45, 2.75) is 40.0 Å². The smallest absolute Gasteiger partial charge is 0.271 e. The Balaban J connectivity index is 2.10. The van der Waals surface area contributed by atoms with Crippen LogP contribution in [0, 0.1) is 5.92 Å². The monoisotopic (exact) mass is 340 g/mol. The van der Waals surface area contributed by atoms with Crippen molar-refractivity contribution in [1.82, 2.24) is 4.98 Å². The van der Waals surface area contributed by atoms with Gasteiger partial charge in [-0.05, 0) is 18.2 Å². The Hall–Kier alpha value is -2.76. The highest BCUT2D eigenvalue weighted by Gasteiger charge is 2.37. The minimum atomic E-state index is -0.710. The van der Waals surface area contributed by atoms with Gasteiger partial charge in [0.25, 0.3) is 5.78 Å². The third-order valence-electron chi connectivity index (χ3n) is 3.99. The van der Waals surface area contributed by atoms with Crippen molar-refractivity contribution in [2.75, 3.05) is 5.32 Å². The van der Waals surface area contributed by atoms with E-state index < -0.39 is 11.6 Å². The van der Waals surface area contributed by atoms with E-state index >= 15 is 0 Å². The van der Waals surface area contributed by atoms with E-state index in [2.05, 4.69) is 10.3 Å². The molecule has 1 aromatic carbocycles. The highest BCUT2D eigenvalue weighted by atomic mass is 16.4. The van der Waals surface area contributed by atoms with Crippen LogP contribution in [0.5, 0.6) is 0 Å². The van der Waals surface area contributed by atoms with Crippen LogP contribution in [-0.4, -0.2) is 22.5 Å². The van der Waals surface area contributed by atoms with Gasteiger partial charge in [-0.1, -0.05) is 34.6 Å². The van der Waals surface area contributed by atoms with Gasteiger partial charge in [-0.25, -0.2) is 4.98 Å². The topological polar surface area (TPSA) is 89.3 Å². The zero-order valence-electron chi connectivity index (χ0n) is 14.9. The number of nitrogens with one attached hydrogen (secondary N) is 1. The van der Waals surface area contributed by atoms with Crippen molar-refractivity contribution in [3.05, 3.63) is 35.4 Å². The number of hydrogen-bond acceptors (Lipinski definition) is 5. The molecule has 0 atom stereocenters. The molecule has 25 heavy (non-hydrogen) atoms. The Morgan fingerprint density at radius 1 is 1.12 bits per heavy atom. The highest BCUT2D eigenvalue weighted by Crippen LogP contribution is 2.37. The maximum Gasteiger partial charge on any atom is 0.271 e. The number of Topliss-reactive ketones (excluding diaryl/α,β-unsaturated/α-hetero) is 2. The average molecular weight is 340 g/mol. The molecule has 1 aliphatic carbocycles. The molecule has 6 heteroatoms. The number of oxazole rings is 1. The summed E-state index contributed by atoms with van der Waals surface area (Å²) in [7, 11) is 0. The Morgan fingerprint density at radius 3 is 2.40 bits per heavy atom. The van der Waals surface area contributed by atoms with Crippen LogP contribution in [0.25, 0.3) is 11.3 Å². The molecule has 0 aliphatic heterocycles. The standard InChI is InChI=1S/C19H20N2O4/c1-9(2)17(24)20-10-6-7-11-12(8-10)14(22)15(23)16-13(11)21-18(25-16)19(3,4)5/h6-9H,1-5H3,(H,20,24). The van der Waals surface area contributed by atoms with E-state index in [9.17, 15) is 14.4 Å². The van der Waals surface area contributed by atoms with Crippen LogP contribution in [0.4, 0.5) is 5.69 Å². The van der Waals surface area contributed by atoms with E-state index in [1.807, 2.05) is 20.8 Å². The van der Waals surface area contributed by atoms with Crippen LogP contribution < -0.4 is 5.32 Å². The summed E-state index contributed by atoms with van der Waals surface area (Å²) in [6, 6.07) is 4.89. The lowest BCUT2D eigenvalue weighted by Gasteiger charge is -2.14. The first-order valence-corrected chi connectivity index (χ1v) is 8.15. The molecule has 0 saturated heterocycles. The fourth-order valence-electron chi connectivity index (χ4n) is 2.51.